The summed E-state index contributed by atoms with van der Waals surface area (Å²) >= 11 is 10.6. The lowest BCUT2D eigenvalue weighted by molar-refractivity contribution is 0.538. The molecule has 118 valence electrons. The van der Waals surface area contributed by atoms with Crippen LogP contribution >= 0.6 is 39.3 Å². The molecule has 1 aromatic rings. The molecule has 2 rings (SSSR count). The summed E-state index contributed by atoms with van der Waals surface area (Å²) in [6.07, 6.45) is 4.42. The zero-order valence-electron chi connectivity index (χ0n) is 11.2. The Hall–Kier alpha value is -0.0200. The molecule has 0 aromatic heterocycles. The van der Waals surface area contributed by atoms with Gasteiger partial charge in [0, 0.05) is 11.3 Å². The van der Waals surface area contributed by atoms with Crippen LogP contribution in [0.3, 0.4) is 0 Å². The van der Waals surface area contributed by atoms with Crippen LogP contribution in [-0.2, 0) is 10.0 Å². The highest BCUT2D eigenvalue weighted by atomic mass is 79.9. The van der Waals surface area contributed by atoms with Gasteiger partial charge in [-0.1, -0.05) is 11.6 Å². The van der Waals surface area contributed by atoms with Crippen molar-refractivity contribution in [1.29, 1.82) is 0 Å². The van der Waals surface area contributed by atoms with Gasteiger partial charge in [0.15, 0.2) is 5.82 Å². The molecule has 9 heteroatoms. The second-order valence-corrected chi connectivity index (χ2v) is 8.91. The first-order valence-corrected chi connectivity index (χ1v) is 10.2. The third kappa shape index (κ3) is 3.67. The van der Waals surface area contributed by atoms with Crippen LogP contribution in [0.1, 0.15) is 19.3 Å². The van der Waals surface area contributed by atoms with Crippen LogP contribution < -0.4 is 10.5 Å². The number of nitrogen functional groups attached to an aromatic ring is 1. The lowest BCUT2D eigenvalue weighted by Crippen LogP contribution is -2.33. The molecule has 1 aromatic carbocycles. The number of sulfonamides is 1. The summed E-state index contributed by atoms with van der Waals surface area (Å²) in [4.78, 5) is -0.513. The Morgan fingerprint density at radius 2 is 2.19 bits per heavy atom. The molecule has 0 heterocycles. The van der Waals surface area contributed by atoms with Crippen LogP contribution in [0.5, 0.6) is 0 Å². The molecule has 0 amide bonds. The highest BCUT2D eigenvalue weighted by Gasteiger charge is 2.31. The van der Waals surface area contributed by atoms with Gasteiger partial charge in [-0.3, -0.25) is 0 Å². The Balaban J connectivity index is 2.29. The SMILES string of the molecule is CSC1CCC(NS(=O)(=O)c2cc(Cl)c(Br)c(N)c2F)C1. The summed E-state index contributed by atoms with van der Waals surface area (Å²) in [7, 11) is -3.99. The third-order valence-corrected chi connectivity index (χ3v) is 7.48. The summed E-state index contributed by atoms with van der Waals surface area (Å²) < 4.78 is 41.5. The largest absolute Gasteiger partial charge is 0.395 e. The third-order valence-electron chi connectivity index (χ3n) is 3.49. The minimum atomic E-state index is -3.99. The van der Waals surface area contributed by atoms with Gasteiger partial charge < -0.3 is 5.73 Å². The van der Waals surface area contributed by atoms with Crippen molar-refractivity contribution in [3.8, 4) is 0 Å². The predicted octanol–water partition coefficient (Wildman–Crippen LogP) is 3.39. The Morgan fingerprint density at radius 1 is 1.52 bits per heavy atom. The number of halogens is 3. The second kappa shape index (κ2) is 6.62. The van der Waals surface area contributed by atoms with E-state index in [1.54, 1.807) is 11.8 Å². The van der Waals surface area contributed by atoms with Crippen LogP contribution in [0, 0.1) is 5.82 Å². The van der Waals surface area contributed by atoms with Crippen molar-refractivity contribution in [3.05, 3.63) is 21.4 Å². The van der Waals surface area contributed by atoms with Crippen LogP contribution in [0.2, 0.25) is 5.02 Å². The summed E-state index contributed by atoms with van der Waals surface area (Å²) in [6, 6.07) is 0.885. The quantitative estimate of drug-likeness (QED) is 0.582. The molecule has 1 aliphatic carbocycles. The van der Waals surface area contributed by atoms with Gasteiger partial charge in [-0.05, 0) is 47.5 Å². The van der Waals surface area contributed by atoms with E-state index < -0.39 is 20.7 Å². The van der Waals surface area contributed by atoms with E-state index in [1.807, 2.05) is 6.26 Å². The van der Waals surface area contributed by atoms with Crippen molar-refractivity contribution >= 4 is 55.0 Å². The number of hydrogen-bond acceptors (Lipinski definition) is 4. The topological polar surface area (TPSA) is 72.2 Å². The molecule has 2 atom stereocenters. The molecular formula is C12H15BrClFN2O2S2. The predicted molar refractivity (Wildman–Crippen MR) is 88.8 cm³/mol. The molecule has 0 radical (unpaired) electrons. The first-order valence-electron chi connectivity index (χ1n) is 6.24. The van der Waals surface area contributed by atoms with Gasteiger partial charge in [0.25, 0.3) is 0 Å². The number of anilines is 1. The van der Waals surface area contributed by atoms with Crippen molar-refractivity contribution in [2.45, 2.75) is 35.4 Å². The maximum Gasteiger partial charge on any atom is 0.243 e. The van der Waals surface area contributed by atoms with E-state index in [9.17, 15) is 12.8 Å². The minimum Gasteiger partial charge on any atom is -0.395 e. The summed E-state index contributed by atoms with van der Waals surface area (Å²) in [5.41, 5.74) is 5.22. The van der Waals surface area contributed by atoms with Gasteiger partial charge in [-0.25, -0.2) is 17.5 Å². The van der Waals surface area contributed by atoms with E-state index in [-0.39, 0.29) is 21.2 Å². The van der Waals surface area contributed by atoms with Crippen molar-refractivity contribution < 1.29 is 12.8 Å². The Morgan fingerprint density at radius 3 is 2.76 bits per heavy atom. The van der Waals surface area contributed by atoms with Crippen LogP contribution in [0.15, 0.2) is 15.4 Å². The van der Waals surface area contributed by atoms with Crippen molar-refractivity contribution in [2.75, 3.05) is 12.0 Å². The maximum absolute atomic E-state index is 14.1. The Labute approximate surface area is 141 Å². The monoisotopic (exact) mass is 416 g/mol. The zero-order valence-corrected chi connectivity index (χ0v) is 15.2. The van der Waals surface area contributed by atoms with Gasteiger partial charge in [0.2, 0.25) is 10.0 Å². The molecule has 4 nitrogen and oxygen atoms in total. The fourth-order valence-corrected chi connectivity index (χ4v) is 5.10. The van der Waals surface area contributed by atoms with Gasteiger partial charge in [0.05, 0.1) is 15.2 Å². The summed E-state index contributed by atoms with van der Waals surface area (Å²) in [6.45, 7) is 0. The normalized spacial score (nSPS) is 22.7. The molecule has 0 aliphatic heterocycles. The average molecular weight is 418 g/mol. The molecule has 1 aliphatic rings. The molecule has 0 spiro atoms. The van der Waals surface area contributed by atoms with Crippen LogP contribution in [-0.4, -0.2) is 26.0 Å². The van der Waals surface area contributed by atoms with E-state index >= 15 is 0 Å². The number of nitrogens with one attached hydrogen (secondary N) is 1. The maximum atomic E-state index is 14.1. The highest BCUT2D eigenvalue weighted by molar-refractivity contribution is 9.10. The molecule has 0 bridgehead atoms. The van der Waals surface area contributed by atoms with Crippen LogP contribution in [0.25, 0.3) is 0 Å². The fourth-order valence-electron chi connectivity index (χ4n) is 2.34. The first-order chi connectivity index (χ1) is 9.76. The van der Waals surface area contributed by atoms with E-state index in [0.29, 0.717) is 5.25 Å². The Bertz CT molecular complexity index is 657. The second-order valence-electron chi connectivity index (χ2n) is 4.89. The first kappa shape index (κ1) is 17.3. The number of benzene rings is 1. The minimum absolute atomic E-state index is 0.0580. The average Bonchev–Trinajstić information content (AvgIpc) is 2.87. The molecule has 1 fully saturated rings. The smallest absolute Gasteiger partial charge is 0.243 e. The van der Waals surface area contributed by atoms with Crippen molar-refractivity contribution in [1.82, 2.24) is 4.72 Å². The molecule has 0 saturated heterocycles. The number of hydrogen-bond donors (Lipinski definition) is 2. The zero-order chi connectivity index (χ0) is 15.8. The van der Waals surface area contributed by atoms with Gasteiger partial charge in [-0.2, -0.15) is 11.8 Å². The van der Waals surface area contributed by atoms with E-state index in [4.69, 9.17) is 17.3 Å². The highest BCUT2D eigenvalue weighted by Crippen LogP contribution is 2.35. The molecule has 2 unspecified atom stereocenters. The Kier molecular flexibility index (Phi) is 5.46. The lowest BCUT2D eigenvalue weighted by atomic mass is 10.3. The van der Waals surface area contributed by atoms with Gasteiger partial charge in [0.1, 0.15) is 4.90 Å². The van der Waals surface area contributed by atoms with E-state index in [1.165, 1.54) is 0 Å². The summed E-state index contributed by atoms with van der Waals surface area (Å²) in [5.74, 6) is -0.988. The molecular weight excluding hydrogens is 403 g/mol. The fraction of sp³-hybridized carbons (Fsp3) is 0.500. The standard InChI is InChI=1S/C12H15BrClFN2O2S2/c1-20-7-3-2-6(4-7)17-21(18,19)9-5-8(14)10(13)12(16)11(9)15/h5-7,17H,2-4,16H2,1H3. The van der Waals surface area contributed by atoms with Gasteiger partial charge >= 0.3 is 0 Å². The molecule has 1 saturated carbocycles. The number of nitrogens with two attached hydrogens (primary N) is 1. The van der Waals surface area contributed by atoms with E-state index in [2.05, 4.69) is 20.7 Å². The number of rotatable bonds is 4. The van der Waals surface area contributed by atoms with Crippen molar-refractivity contribution in [2.24, 2.45) is 0 Å². The van der Waals surface area contributed by atoms with Crippen LogP contribution in [0.4, 0.5) is 10.1 Å². The number of thioether (sulfide) groups is 1. The molecule has 3 N–H and O–H groups in total. The van der Waals surface area contributed by atoms with Gasteiger partial charge in [-0.15, -0.1) is 0 Å². The van der Waals surface area contributed by atoms with E-state index in [0.717, 1.165) is 25.3 Å². The lowest BCUT2D eigenvalue weighted by Gasteiger charge is -2.15. The molecule has 21 heavy (non-hydrogen) atoms. The summed E-state index contributed by atoms with van der Waals surface area (Å²) in [5, 5.41) is 0.490. The van der Waals surface area contributed by atoms with Crippen molar-refractivity contribution in [3.63, 3.8) is 0 Å².